The maximum atomic E-state index is 5.71. The van der Waals surface area contributed by atoms with Crippen molar-refractivity contribution < 1.29 is 14.2 Å². The van der Waals surface area contributed by atoms with Crippen molar-refractivity contribution in [2.45, 2.75) is 45.9 Å². The molecule has 0 aliphatic heterocycles. The van der Waals surface area contributed by atoms with Gasteiger partial charge < -0.3 is 19.5 Å². The van der Waals surface area contributed by atoms with E-state index in [1.807, 2.05) is 25.1 Å². The summed E-state index contributed by atoms with van der Waals surface area (Å²) < 4.78 is 16.3. The quantitative estimate of drug-likeness (QED) is 0.834. The van der Waals surface area contributed by atoms with Gasteiger partial charge in [-0.05, 0) is 45.4 Å². The average molecular weight is 281 g/mol. The summed E-state index contributed by atoms with van der Waals surface area (Å²) in [6, 6.07) is 6.00. The summed E-state index contributed by atoms with van der Waals surface area (Å²) >= 11 is 0. The van der Waals surface area contributed by atoms with Gasteiger partial charge in [0.15, 0.2) is 11.5 Å². The van der Waals surface area contributed by atoms with Crippen molar-refractivity contribution in [2.75, 3.05) is 20.8 Å². The predicted octanol–water partition coefficient (Wildman–Crippen LogP) is 3.00. The molecule has 4 heteroatoms. The number of rotatable bonds is 7. The molecule has 4 nitrogen and oxygen atoms in total. The van der Waals surface area contributed by atoms with Gasteiger partial charge in [-0.15, -0.1) is 0 Å². The van der Waals surface area contributed by atoms with E-state index in [1.54, 1.807) is 14.2 Å². The first-order valence-electron chi connectivity index (χ1n) is 6.93. The third-order valence-corrected chi connectivity index (χ3v) is 2.93. The maximum absolute atomic E-state index is 5.71. The third kappa shape index (κ3) is 5.80. The zero-order valence-corrected chi connectivity index (χ0v) is 13.4. The van der Waals surface area contributed by atoms with Crippen LogP contribution in [-0.2, 0) is 11.3 Å². The highest BCUT2D eigenvalue weighted by atomic mass is 16.5. The van der Waals surface area contributed by atoms with Crippen molar-refractivity contribution in [2.24, 2.45) is 0 Å². The van der Waals surface area contributed by atoms with Gasteiger partial charge in [-0.1, -0.05) is 6.07 Å². The zero-order valence-electron chi connectivity index (χ0n) is 13.4. The van der Waals surface area contributed by atoms with Crippen molar-refractivity contribution in [3.63, 3.8) is 0 Å². The van der Waals surface area contributed by atoms with Gasteiger partial charge in [0.25, 0.3) is 0 Å². The van der Waals surface area contributed by atoms with Crippen LogP contribution in [0.15, 0.2) is 18.2 Å². The molecule has 114 valence electrons. The van der Waals surface area contributed by atoms with E-state index < -0.39 is 0 Å². The Bertz CT molecular complexity index is 413. The van der Waals surface area contributed by atoms with Crippen molar-refractivity contribution in [3.05, 3.63) is 23.8 Å². The second-order valence-corrected chi connectivity index (χ2v) is 5.95. The van der Waals surface area contributed by atoms with Crippen LogP contribution in [0.5, 0.6) is 11.5 Å². The Morgan fingerprint density at radius 1 is 1.15 bits per heavy atom. The molecule has 1 aromatic rings. The summed E-state index contributed by atoms with van der Waals surface area (Å²) in [4.78, 5) is 0. The normalized spacial score (nSPS) is 13.1. The van der Waals surface area contributed by atoms with Crippen LogP contribution in [0.4, 0.5) is 0 Å². The minimum absolute atomic E-state index is 0.0574. The summed E-state index contributed by atoms with van der Waals surface area (Å²) in [6.45, 7) is 9.71. The van der Waals surface area contributed by atoms with Crippen LogP contribution < -0.4 is 14.8 Å². The summed E-state index contributed by atoms with van der Waals surface area (Å²) in [5, 5.41) is 3.45. The fraction of sp³-hybridized carbons (Fsp3) is 0.625. The van der Waals surface area contributed by atoms with E-state index >= 15 is 0 Å². The lowest BCUT2D eigenvalue weighted by atomic mass is 10.1. The monoisotopic (exact) mass is 281 g/mol. The largest absolute Gasteiger partial charge is 0.493 e. The molecule has 0 radical (unpaired) electrons. The number of ether oxygens (including phenoxy) is 3. The van der Waals surface area contributed by atoms with Gasteiger partial charge in [-0.2, -0.15) is 0 Å². The third-order valence-electron chi connectivity index (χ3n) is 2.93. The van der Waals surface area contributed by atoms with Gasteiger partial charge in [-0.25, -0.2) is 0 Å². The van der Waals surface area contributed by atoms with Crippen LogP contribution in [0.2, 0.25) is 0 Å². The Kier molecular flexibility index (Phi) is 6.30. The second-order valence-electron chi connectivity index (χ2n) is 5.95. The van der Waals surface area contributed by atoms with E-state index in [0.29, 0.717) is 6.61 Å². The van der Waals surface area contributed by atoms with Crippen LogP contribution in [-0.4, -0.2) is 32.5 Å². The number of nitrogens with one attached hydrogen (secondary N) is 1. The second kappa shape index (κ2) is 7.50. The van der Waals surface area contributed by atoms with Gasteiger partial charge >= 0.3 is 0 Å². The molecule has 0 aliphatic rings. The first-order valence-corrected chi connectivity index (χ1v) is 6.93. The van der Waals surface area contributed by atoms with Crippen LogP contribution >= 0.6 is 0 Å². The van der Waals surface area contributed by atoms with Crippen molar-refractivity contribution >= 4 is 0 Å². The maximum Gasteiger partial charge on any atom is 0.161 e. The number of methoxy groups -OCH3 is 2. The Morgan fingerprint density at radius 3 is 2.40 bits per heavy atom. The molecule has 20 heavy (non-hydrogen) atoms. The summed E-state index contributed by atoms with van der Waals surface area (Å²) in [6.07, 6.45) is 0.0574. The van der Waals surface area contributed by atoms with Gasteiger partial charge in [0.2, 0.25) is 0 Å². The van der Waals surface area contributed by atoms with Crippen LogP contribution in [0, 0.1) is 0 Å². The molecular formula is C16H27NO3. The van der Waals surface area contributed by atoms with Crippen LogP contribution in [0.3, 0.4) is 0 Å². The molecule has 1 aromatic carbocycles. The van der Waals surface area contributed by atoms with Gasteiger partial charge in [0, 0.05) is 19.2 Å². The molecule has 0 saturated carbocycles. The minimum Gasteiger partial charge on any atom is -0.493 e. The highest BCUT2D eigenvalue weighted by Crippen LogP contribution is 2.28. The Labute approximate surface area is 122 Å². The van der Waals surface area contributed by atoms with E-state index in [1.165, 1.54) is 5.56 Å². The molecule has 0 amide bonds. The van der Waals surface area contributed by atoms with Crippen molar-refractivity contribution in [1.82, 2.24) is 5.32 Å². The molecule has 0 fully saturated rings. The Morgan fingerprint density at radius 2 is 1.85 bits per heavy atom. The molecule has 1 atom stereocenters. The molecule has 1 rings (SSSR count). The topological polar surface area (TPSA) is 39.7 Å². The summed E-state index contributed by atoms with van der Waals surface area (Å²) in [5.41, 5.74) is 1.26. The summed E-state index contributed by atoms with van der Waals surface area (Å²) in [7, 11) is 3.33. The lowest BCUT2D eigenvalue weighted by Crippen LogP contribution is -2.35. The molecule has 0 aromatic heterocycles. The van der Waals surface area contributed by atoms with Crippen LogP contribution in [0.1, 0.15) is 33.3 Å². The molecule has 0 heterocycles. The van der Waals surface area contributed by atoms with Gasteiger partial charge in [-0.3, -0.25) is 0 Å². The minimum atomic E-state index is 0.0574. The first-order chi connectivity index (χ1) is 9.35. The first kappa shape index (κ1) is 16.8. The predicted molar refractivity (Wildman–Crippen MR) is 81.6 cm³/mol. The van der Waals surface area contributed by atoms with Crippen molar-refractivity contribution in [1.29, 1.82) is 0 Å². The molecule has 0 saturated heterocycles. The lowest BCUT2D eigenvalue weighted by molar-refractivity contribution is 0.0706. The SMILES string of the molecule is COc1cc(CNC(C)(C)C)ccc1OCC(C)OC. The zero-order chi connectivity index (χ0) is 15.2. The van der Waals surface area contributed by atoms with E-state index in [2.05, 4.69) is 26.1 Å². The Balaban J connectivity index is 2.70. The standard InChI is InChI=1S/C16H27NO3/c1-12(18-5)11-20-14-8-7-13(9-15(14)19-6)10-17-16(2,3)4/h7-9,12,17H,10-11H2,1-6H3. The molecule has 0 aliphatic carbocycles. The fourth-order valence-corrected chi connectivity index (χ4v) is 1.58. The number of hydrogen-bond acceptors (Lipinski definition) is 4. The smallest absolute Gasteiger partial charge is 0.161 e. The molecular weight excluding hydrogens is 254 g/mol. The van der Waals surface area contributed by atoms with Gasteiger partial charge in [0.05, 0.1) is 13.2 Å². The van der Waals surface area contributed by atoms with Crippen molar-refractivity contribution in [3.8, 4) is 11.5 Å². The number of hydrogen-bond donors (Lipinski definition) is 1. The van der Waals surface area contributed by atoms with Crippen LogP contribution in [0.25, 0.3) is 0 Å². The van der Waals surface area contributed by atoms with E-state index in [-0.39, 0.29) is 11.6 Å². The lowest BCUT2D eigenvalue weighted by Gasteiger charge is -2.21. The molecule has 0 bridgehead atoms. The highest BCUT2D eigenvalue weighted by Gasteiger charge is 2.11. The number of benzene rings is 1. The highest BCUT2D eigenvalue weighted by molar-refractivity contribution is 5.43. The van der Waals surface area contributed by atoms with Gasteiger partial charge in [0.1, 0.15) is 6.61 Å². The Hall–Kier alpha value is -1.26. The molecule has 1 N–H and O–H groups in total. The average Bonchev–Trinajstić information content (AvgIpc) is 2.41. The molecule has 0 spiro atoms. The van der Waals surface area contributed by atoms with E-state index in [0.717, 1.165) is 18.0 Å². The summed E-state index contributed by atoms with van der Waals surface area (Å²) in [5.74, 6) is 1.50. The van der Waals surface area contributed by atoms with E-state index in [9.17, 15) is 0 Å². The fourth-order valence-electron chi connectivity index (χ4n) is 1.58. The van der Waals surface area contributed by atoms with E-state index in [4.69, 9.17) is 14.2 Å². The molecule has 1 unspecified atom stereocenters.